The molecule has 110 valence electrons. The highest BCUT2D eigenvalue weighted by atomic mass is 19.4. The minimum absolute atomic E-state index is 0.212. The highest BCUT2D eigenvalue weighted by Gasteiger charge is 2.35. The zero-order chi connectivity index (χ0) is 14.8. The van der Waals surface area contributed by atoms with Crippen molar-refractivity contribution in [1.29, 1.82) is 0 Å². The van der Waals surface area contributed by atoms with Crippen molar-refractivity contribution in [3.8, 4) is 0 Å². The molecule has 0 saturated carbocycles. The Morgan fingerprint density at radius 3 is 2.60 bits per heavy atom. The van der Waals surface area contributed by atoms with Gasteiger partial charge in [-0.2, -0.15) is 18.3 Å². The van der Waals surface area contributed by atoms with E-state index >= 15 is 0 Å². The van der Waals surface area contributed by atoms with Gasteiger partial charge in [0.1, 0.15) is 5.82 Å². The van der Waals surface area contributed by atoms with Gasteiger partial charge in [-0.3, -0.25) is 5.01 Å². The molecule has 2 rings (SSSR count). The molecule has 1 saturated heterocycles. The number of pyridine rings is 1. The minimum atomic E-state index is -4.56. The maximum Gasteiger partial charge on any atom is 0.417 e. The summed E-state index contributed by atoms with van der Waals surface area (Å²) in [6, 6.07) is 0.759. The lowest BCUT2D eigenvalue weighted by Gasteiger charge is -2.25. The van der Waals surface area contributed by atoms with Gasteiger partial charge < -0.3 is 16.8 Å². The maximum absolute atomic E-state index is 12.9. The maximum atomic E-state index is 12.9. The molecule has 5 N–H and O–H groups in total. The fraction of sp³-hybridized carbons (Fsp3) is 0.455. The predicted molar refractivity (Wildman–Crippen MR) is 68.8 cm³/mol. The molecule has 0 amide bonds. The van der Waals surface area contributed by atoms with Gasteiger partial charge in [-0.1, -0.05) is 0 Å². The van der Waals surface area contributed by atoms with Crippen molar-refractivity contribution in [2.75, 3.05) is 31.9 Å². The van der Waals surface area contributed by atoms with Crippen molar-refractivity contribution < 1.29 is 13.2 Å². The second-order valence-corrected chi connectivity index (χ2v) is 4.34. The first-order valence-corrected chi connectivity index (χ1v) is 6.01. The number of nitrogen functional groups attached to an aromatic ring is 1. The number of piperazine rings is 1. The van der Waals surface area contributed by atoms with Crippen LogP contribution in [0.5, 0.6) is 0 Å². The second-order valence-electron chi connectivity index (χ2n) is 4.34. The van der Waals surface area contributed by atoms with Crippen LogP contribution in [-0.2, 0) is 6.18 Å². The van der Waals surface area contributed by atoms with Crippen LogP contribution >= 0.6 is 0 Å². The van der Waals surface area contributed by atoms with E-state index in [1.807, 2.05) is 0 Å². The molecule has 2 heterocycles. The molecule has 0 radical (unpaired) electrons. The number of amidine groups is 1. The molecule has 20 heavy (non-hydrogen) atoms. The van der Waals surface area contributed by atoms with Crippen LogP contribution in [0.4, 0.5) is 19.0 Å². The molecule has 0 unspecified atom stereocenters. The molecule has 0 atom stereocenters. The average Bonchev–Trinajstić information content (AvgIpc) is 2.38. The number of hydrogen-bond acceptors (Lipinski definition) is 5. The van der Waals surface area contributed by atoms with Crippen LogP contribution in [0.15, 0.2) is 17.4 Å². The standard InChI is InChI=1S/C11H15F3N6/c12-11(13,14)8-5-9(15)18-6-7(8)10(16)19-20-3-1-17-2-4-20/h5-6,17H,1-4H2,(H2,15,18)(H2,16,19). The first kappa shape index (κ1) is 14.4. The smallest absolute Gasteiger partial charge is 0.384 e. The number of nitrogens with zero attached hydrogens (tertiary/aromatic N) is 3. The van der Waals surface area contributed by atoms with E-state index in [-0.39, 0.29) is 17.2 Å². The Balaban J connectivity index is 2.33. The summed E-state index contributed by atoms with van der Waals surface area (Å²) >= 11 is 0. The fourth-order valence-electron chi connectivity index (χ4n) is 1.87. The molecule has 6 nitrogen and oxygen atoms in total. The number of hydrogen-bond donors (Lipinski definition) is 3. The largest absolute Gasteiger partial charge is 0.417 e. The van der Waals surface area contributed by atoms with Crippen molar-refractivity contribution in [2.45, 2.75) is 6.18 Å². The van der Waals surface area contributed by atoms with E-state index in [2.05, 4.69) is 15.4 Å². The minimum Gasteiger partial charge on any atom is -0.384 e. The first-order valence-electron chi connectivity index (χ1n) is 6.01. The van der Waals surface area contributed by atoms with E-state index in [1.54, 1.807) is 5.01 Å². The van der Waals surface area contributed by atoms with Gasteiger partial charge in [0, 0.05) is 37.9 Å². The quantitative estimate of drug-likeness (QED) is 0.534. The van der Waals surface area contributed by atoms with Gasteiger partial charge in [0.15, 0.2) is 5.84 Å². The van der Waals surface area contributed by atoms with Crippen LogP contribution in [0, 0.1) is 0 Å². The Labute approximate surface area is 113 Å². The molecule has 1 aliphatic rings. The molecular formula is C11H15F3N6. The SMILES string of the molecule is NC(=NN1CCNCC1)c1cnc(N)cc1C(F)(F)F. The number of nitrogens with one attached hydrogen (secondary N) is 1. The van der Waals surface area contributed by atoms with E-state index in [0.29, 0.717) is 26.2 Å². The van der Waals surface area contributed by atoms with E-state index in [1.165, 1.54) is 0 Å². The molecule has 0 spiro atoms. The van der Waals surface area contributed by atoms with Crippen molar-refractivity contribution >= 4 is 11.7 Å². The lowest BCUT2D eigenvalue weighted by Crippen LogP contribution is -2.41. The highest BCUT2D eigenvalue weighted by molar-refractivity contribution is 5.98. The van der Waals surface area contributed by atoms with Crippen LogP contribution in [0.2, 0.25) is 0 Å². The average molecular weight is 288 g/mol. The van der Waals surface area contributed by atoms with Crippen molar-refractivity contribution in [2.24, 2.45) is 10.8 Å². The fourth-order valence-corrected chi connectivity index (χ4v) is 1.87. The normalized spacial score (nSPS) is 17.4. The van der Waals surface area contributed by atoms with E-state index in [9.17, 15) is 13.2 Å². The van der Waals surface area contributed by atoms with Crippen LogP contribution in [-0.4, -0.2) is 42.0 Å². The molecule has 1 aliphatic heterocycles. The Bertz CT molecular complexity index is 507. The summed E-state index contributed by atoms with van der Waals surface area (Å²) in [5, 5.41) is 8.75. The van der Waals surface area contributed by atoms with Crippen LogP contribution in [0.1, 0.15) is 11.1 Å². The lowest BCUT2D eigenvalue weighted by molar-refractivity contribution is -0.137. The van der Waals surface area contributed by atoms with Crippen LogP contribution < -0.4 is 16.8 Å². The van der Waals surface area contributed by atoms with Crippen molar-refractivity contribution in [3.05, 3.63) is 23.4 Å². The number of anilines is 1. The molecule has 1 aromatic heterocycles. The summed E-state index contributed by atoms with van der Waals surface area (Å²) in [5.74, 6) is -0.428. The summed E-state index contributed by atoms with van der Waals surface area (Å²) in [6.07, 6.45) is -3.56. The van der Waals surface area contributed by atoms with Gasteiger partial charge in [-0.15, -0.1) is 0 Å². The number of nitrogens with two attached hydrogens (primary N) is 2. The van der Waals surface area contributed by atoms with Gasteiger partial charge in [0.05, 0.1) is 5.56 Å². The van der Waals surface area contributed by atoms with Crippen molar-refractivity contribution in [1.82, 2.24) is 15.3 Å². The molecule has 0 aromatic carbocycles. The number of aromatic nitrogens is 1. The molecule has 1 fully saturated rings. The third kappa shape index (κ3) is 3.29. The van der Waals surface area contributed by atoms with Gasteiger partial charge >= 0.3 is 6.18 Å². The van der Waals surface area contributed by atoms with Gasteiger partial charge in [0.2, 0.25) is 0 Å². The highest BCUT2D eigenvalue weighted by Crippen LogP contribution is 2.32. The van der Waals surface area contributed by atoms with Gasteiger partial charge in [-0.05, 0) is 6.07 Å². The Kier molecular flexibility index (Phi) is 3.98. The lowest BCUT2D eigenvalue weighted by atomic mass is 10.1. The number of alkyl halides is 3. The second kappa shape index (κ2) is 5.53. The summed E-state index contributed by atoms with van der Waals surface area (Å²) in [7, 11) is 0. The van der Waals surface area contributed by atoms with E-state index in [0.717, 1.165) is 12.3 Å². The zero-order valence-electron chi connectivity index (χ0n) is 10.6. The molecule has 9 heteroatoms. The molecule has 0 bridgehead atoms. The topological polar surface area (TPSA) is 92.6 Å². The third-order valence-corrected chi connectivity index (χ3v) is 2.85. The van der Waals surface area contributed by atoms with E-state index in [4.69, 9.17) is 11.5 Å². The molecule has 0 aliphatic carbocycles. The van der Waals surface area contributed by atoms with Crippen LogP contribution in [0.3, 0.4) is 0 Å². The summed E-state index contributed by atoms with van der Waals surface area (Å²) in [5.41, 5.74) is 9.79. The monoisotopic (exact) mass is 288 g/mol. The van der Waals surface area contributed by atoms with E-state index < -0.39 is 11.7 Å². The zero-order valence-corrected chi connectivity index (χ0v) is 10.6. The third-order valence-electron chi connectivity index (χ3n) is 2.85. The van der Waals surface area contributed by atoms with Crippen LogP contribution in [0.25, 0.3) is 0 Å². The molecular weight excluding hydrogens is 273 g/mol. The Morgan fingerprint density at radius 2 is 2.00 bits per heavy atom. The van der Waals surface area contributed by atoms with Gasteiger partial charge in [0.25, 0.3) is 0 Å². The van der Waals surface area contributed by atoms with Crippen molar-refractivity contribution in [3.63, 3.8) is 0 Å². The Morgan fingerprint density at radius 1 is 1.35 bits per heavy atom. The number of rotatable bonds is 2. The number of hydrazone groups is 1. The summed E-state index contributed by atoms with van der Waals surface area (Å²) < 4.78 is 38.8. The number of halogens is 3. The first-order chi connectivity index (χ1) is 9.38. The summed E-state index contributed by atoms with van der Waals surface area (Å²) in [6.45, 7) is 2.60. The molecule has 1 aromatic rings. The predicted octanol–water partition coefficient (Wildman–Crippen LogP) is 0.208. The Hall–Kier alpha value is -2.03. The summed E-state index contributed by atoms with van der Waals surface area (Å²) in [4.78, 5) is 3.65. The van der Waals surface area contributed by atoms with Gasteiger partial charge in [-0.25, -0.2) is 4.98 Å².